The van der Waals surface area contributed by atoms with Crippen molar-refractivity contribution in [1.29, 1.82) is 0 Å². The first kappa shape index (κ1) is 15.1. The van der Waals surface area contributed by atoms with Gasteiger partial charge in [0, 0.05) is 10.7 Å². The normalized spacial score (nSPS) is 11.2. The molecule has 4 nitrogen and oxygen atoms in total. The number of anilines is 1. The van der Waals surface area contributed by atoms with Crippen LogP contribution in [-0.2, 0) is 6.18 Å². The molecule has 2 rings (SSSR count). The summed E-state index contributed by atoms with van der Waals surface area (Å²) in [6, 6.07) is 7.59. The Morgan fingerprint density at radius 1 is 1.19 bits per heavy atom. The number of benzene rings is 1. The lowest BCUT2D eigenvalue weighted by Crippen LogP contribution is -2.25. The summed E-state index contributed by atoms with van der Waals surface area (Å²) in [4.78, 5) is 25.0. The fourth-order valence-electron chi connectivity index (χ4n) is 1.58. The Bertz CT molecular complexity index is 741. The molecule has 0 saturated heterocycles. The number of aromatic nitrogens is 1. The third-order valence-electron chi connectivity index (χ3n) is 2.54. The first-order valence-electron chi connectivity index (χ1n) is 5.65. The van der Waals surface area contributed by atoms with Crippen LogP contribution in [0.3, 0.4) is 0 Å². The summed E-state index contributed by atoms with van der Waals surface area (Å²) in [5, 5.41) is 2.74. The zero-order valence-corrected chi connectivity index (χ0v) is 11.0. The van der Waals surface area contributed by atoms with E-state index in [1.165, 1.54) is 12.1 Å². The molecule has 8 heteroatoms. The molecule has 0 radical (unpaired) electrons. The second-order valence-corrected chi connectivity index (χ2v) is 4.51. The zero-order chi connectivity index (χ0) is 15.6. The van der Waals surface area contributed by atoms with Crippen LogP contribution in [0, 0.1) is 0 Å². The van der Waals surface area contributed by atoms with Crippen molar-refractivity contribution in [2.75, 3.05) is 5.32 Å². The smallest absolute Gasteiger partial charge is 0.322 e. The second-order valence-electron chi connectivity index (χ2n) is 4.08. The van der Waals surface area contributed by atoms with Crippen LogP contribution in [0.4, 0.5) is 18.9 Å². The lowest BCUT2D eigenvalue weighted by molar-refractivity contribution is -0.141. The molecule has 110 valence electrons. The highest BCUT2D eigenvalue weighted by Gasteiger charge is 2.32. The number of H-pyrrole nitrogens is 1. The predicted octanol–water partition coefficient (Wildman–Crippen LogP) is 3.30. The summed E-state index contributed by atoms with van der Waals surface area (Å²) in [6.45, 7) is 0. The molecule has 0 aliphatic carbocycles. The zero-order valence-electron chi connectivity index (χ0n) is 10.3. The Morgan fingerprint density at radius 3 is 2.48 bits per heavy atom. The van der Waals surface area contributed by atoms with Gasteiger partial charge in [0.15, 0.2) is 0 Å². The van der Waals surface area contributed by atoms with Gasteiger partial charge >= 0.3 is 6.18 Å². The Hall–Kier alpha value is -2.28. The van der Waals surface area contributed by atoms with Gasteiger partial charge in [-0.25, -0.2) is 0 Å². The molecule has 0 atom stereocenters. The molecule has 0 unspecified atom stereocenters. The van der Waals surface area contributed by atoms with E-state index in [1.54, 1.807) is 17.1 Å². The fraction of sp³-hybridized carbons (Fsp3) is 0.0769. The van der Waals surface area contributed by atoms with E-state index in [4.69, 9.17) is 11.6 Å². The van der Waals surface area contributed by atoms with Crippen LogP contribution >= 0.6 is 11.6 Å². The van der Waals surface area contributed by atoms with Gasteiger partial charge in [-0.1, -0.05) is 17.7 Å². The van der Waals surface area contributed by atoms with Gasteiger partial charge in [0.05, 0.1) is 0 Å². The molecule has 1 amide bonds. The molecular formula is C13H8ClF3N2O2. The van der Waals surface area contributed by atoms with Crippen molar-refractivity contribution in [2.24, 2.45) is 0 Å². The van der Waals surface area contributed by atoms with E-state index >= 15 is 0 Å². The first-order chi connectivity index (χ1) is 9.77. The summed E-state index contributed by atoms with van der Waals surface area (Å²) < 4.78 is 37.2. The monoisotopic (exact) mass is 316 g/mol. The van der Waals surface area contributed by atoms with Crippen molar-refractivity contribution in [2.45, 2.75) is 6.18 Å². The highest BCUT2D eigenvalue weighted by molar-refractivity contribution is 6.30. The molecule has 1 aromatic heterocycles. The minimum Gasteiger partial charge on any atom is -0.322 e. The highest BCUT2D eigenvalue weighted by Crippen LogP contribution is 2.26. The van der Waals surface area contributed by atoms with Crippen LogP contribution in [0.15, 0.2) is 41.2 Å². The van der Waals surface area contributed by atoms with E-state index < -0.39 is 28.9 Å². The lowest BCUT2D eigenvalue weighted by Gasteiger charge is -2.08. The largest absolute Gasteiger partial charge is 0.431 e. The van der Waals surface area contributed by atoms with Gasteiger partial charge in [-0.05, 0) is 30.3 Å². The molecule has 2 aromatic rings. The van der Waals surface area contributed by atoms with E-state index in [1.807, 2.05) is 0 Å². The van der Waals surface area contributed by atoms with E-state index in [9.17, 15) is 22.8 Å². The quantitative estimate of drug-likeness (QED) is 0.893. The predicted molar refractivity (Wildman–Crippen MR) is 71.5 cm³/mol. The third-order valence-corrected chi connectivity index (χ3v) is 2.78. The molecule has 0 aliphatic rings. The number of nitrogens with one attached hydrogen (secondary N) is 2. The van der Waals surface area contributed by atoms with Crippen molar-refractivity contribution in [3.8, 4) is 0 Å². The van der Waals surface area contributed by atoms with E-state index in [0.717, 1.165) is 6.07 Å². The Kier molecular flexibility index (Phi) is 4.04. The summed E-state index contributed by atoms with van der Waals surface area (Å²) in [6.07, 6.45) is -4.68. The summed E-state index contributed by atoms with van der Waals surface area (Å²) in [5.74, 6) is -0.827. The average molecular weight is 317 g/mol. The van der Waals surface area contributed by atoms with Crippen LogP contribution in [0.1, 0.15) is 16.1 Å². The van der Waals surface area contributed by atoms with E-state index in [-0.39, 0.29) is 0 Å². The highest BCUT2D eigenvalue weighted by atomic mass is 35.5. The maximum absolute atomic E-state index is 12.4. The first-order valence-corrected chi connectivity index (χ1v) is 6.02. The van der Waals surface area contributed by atoms with Crippen LogP contribution in [-0.4, -0.2) is 10.9 Å². The van der Waals surface area contributed by atoms with Crippen molar-refractivity contribution in [3.05, 3.63) is 63.0 Å². The summed E-state index contributed by atoms with van der Waals surface area (Å²) in [5.41, 5.74) is -2.44. The van der Waals surface area contributed by atoms with Crippen LogP contribution in [0.2, 0.25) is 5.02 Å². The number of rotatable bonds is 2. The number of aromatic amines is 1. The molecule has 0 fully saturated rings. The standard InChI is InChI=1S/C13H8ClF3N2O2/c14-7-2-1-3-8(6-7)18-11(20)9-4-5-10(13(15,16)17)19-12(9)21/h1-6H,(H,18,20)(H,19,21). The van der Waals surface area contributed by atoms with Gasteiger partial charge in [0.2, 0.25) is 0 Å². The Labute approximate surface area is 121 Å². The minimum absolute atomic E-state index is 0.326. The topological polar surface area (TPSA) is 62.0 Å². The third kappa shape index (κ3) is 3.63. The number of hydrogen-bond acceptors (Lipinski definition) is 2. The van der Waals surface area contributed by atoms with Gasteiger partial charge < -0.3 is 10.3 Å². The Morgan fingerprint density at radius 2 is 1.90 bits per heavy atom. The second kappa shape index (κ2) is 5.61. The molecule has 1 aromatic carbocycles. The number of halogens is 4. The number of alkyl halides is 3. The maximum Gasteiger partial charge on any atom is 0.431 e. The summed E-state index contributed by atoms with van der Waals surface area (Å²) in [7, 11) is 0. The van der Waals surface area contributed by atoms with Crippen molar-refractivity contribution in [1.82, 2.24) is 4.98 Å². The van der Waals surface area contributed by atoms with Crippen molar-refractivity contribution in [3.63, 3.8) is 0 Å². The van der Waals surface area contributed by atoms with Gasteiger partial charge in [0.25, 0.3) is 11.5 Å². The number of pyridine rings is 1. The number of amides is 1. The molecule has 0 aliphatic heterocycles. The molecular weight excluding hydrogens is 309 g/mol. The van der Waals surface area contributed by atoms with Gasteiger partial charge in [-0.2, -0.15) is 13.2 Å². The van der Waals surface area contributed by atoms with Crippen LogP contribution < -0.4 is 10.9 Å². The number of hydrogen-bond donors (Lipinski definition) is 2. The average Bonchev–Trinajstić information content (AvgIpc) is 2.37. The van der Waals surface area contributed by atoms with Gasteiger partial charge in [-0.3, -0.25) is 9.59 Å². The van der Waals surface area contributed by atoms with Gasteiger partial charge in [0.1, 0.15) is 11.3 Å². The Balaban J connectivity index is 2.26. The molecule has 1 heterocycles. The van der Waals surface area contributed by atoms with Crippen molar-refractivity contribution < 1.29 is 18.0 Å². The molecule has 0 saturated carbocycles. The van der Waals surface area contributed by atoms with Crippen LogP contribution in [0.5, 0.6) is 0 Å². The molecule has 2 N–H and O–H groups in total. The lowest BCUT2D eigenvalue weighted by atomic mass is 10.2. The minimum atomic E-state index is -4.68. The molecule has 0 spiro atoms. The summed E-state index contributed by atoms with van der Waals surface area (Å²) >= 11 is 5.73. The van der Waals surface area contributed by atoms with E-state index in [0.29, 0.717) is 16.8 Å². The molecule has 21 heavy (non-hydrogen) atoms. The van der Waals surface area contributed by atoms with Gasteiger partial charge in [-0.15, -0.1) is 0 Å². The van der Waals surface area contributed by atoms with Crippen LogP contribution in [0.25, 0.3) is 0 Å². The number of carbonyl (C=O) groups is 1. The maximum atomic E-state index is 12.4. The molecule has 0 bridgehead atoms. The fourth-order valence-corrected chi connectivity index (χ4v) is 1.77. The number of carbonyl (C=O) groups excluding carboxylic acids is 1. The SMILES string of the molecule is O=C(Nc1cccc(Cl)c1)c1ccc(C(F)(F)F)[nH]c1=O. The van der Waals surface area contributed by atoms with Crippen molar-refractivity contribution >= 4 is 23.2 Å². The van der Waals surface area contributed by atoms with E-state index in [2.05, 4.69) is 5.32 Å².